The molecule has 1 nitrogen and oxygen atoms in total. The summed E-state index contributed by atoms with van der Waals surface area (Å²) in [5.74, 6) is 0.712. The average molecular weight is 978 g/mol. The Balaban J connectivity index is 0.000000848. The van der Waals surface area contributed by atoms with E-state index in [4.69, 9.17) is 0 Å². The average Bonchev–Trinajstić information content (AvgIpc) is 3.82. The summed E-state index contributed by atoms with van der Waals surface area (Å²) < 4.78 is 0. The highest BCUT2D eigenvalue weighted by Crippen LogP contribution is 2.59. The minimum absolute atomic E-state index is 0.0887. The number of hydrogen-bond donors (Lipinski definition) is 0. The first kappa shape index (κ1) is 51.0. The van der Waals surface area contributed by atoms with Gasteiger partial charge in [0.15, 0.2) is 0 Å². The van der Waals surface area contributed by atoms with Gasteiger partial charge in [-0.25, -0.2) is 0 Å². The predicted molar refractivity (Wildman–Crippen MR) is 324 cm³/mol. The van der Waals surface area contributed by atoms with E-state index in [1.807, 2.05) is 0 Å². The van der Waals surface area contributed by atoms with Gasteiger partial charge in [0.25, 0.3) is 0 Å². The van der Waals surface area contributed by atoms with Gasteiger partial charge in [-0.1, -0.05) is 255 Å². The molecule has 2 atom stereocenters. The third-order valence-electron chi connectivity index (χ3n) is 16.2. The van der Waals surface area contributed by atoms with Crippen LogP contribution in [-0.2, 0) is 5.41 Å². The summed E-state index contributed by atoms with van der Waals surface area (Å²) in [4.78, 5) is 2.60. The van der Waals surface area contributed by atoms with Crippen LogP contribution in [0.2, 0.25) is 0 Å². The molecule has 0 amide bonds. The second kappa shape index (κ2) is 25.2. The van der Waals surface area contributed by atoms with Crippen LogP contribution < -0.4 is 4.90 Å². The quantitative estimate of drug-likeness (QED) is 0.0732. The second-order valence-electron chi connectivity index (χ2n) is 21.1. The summed E-state index contributed by atoms with van der Waals surface area (Å²) >= 11 is 0. The Hall–Kier alpha value is -7.48. The molecular formula is C74H75N. The number of nitrogens with zero attached hydrogens (tertiary/aromatic N) is 1. The van der Waals surface area contributed by atoms with Crippen molar-refractivity contribution in [1.82, 2.24) is 0 Å². The van der Waals surface area contributed by atoms with Gasteiger partial charge in [-0.15, -0.1) is 0 Å². The summed E-state index contributed by atoms with van der Waals surface area (Å²) in [5, 5.41) is 0. The highest BCUT2D eigenvalue weighted by atomic mass is 15.1. The van der Waals surface area contributed by atoms with Gasteiger partial charge in [-0.2, -0.15) is 0 Å². The van der Waals surface area contributed by atoms with Gasteiger partial charge < -0.3 is 4.90 Å². The highest BCUT2D eigenvalue weighted by Gasteiger charge is 2.48. The van der Waals surface area contributed by atoms with Crippen molar-refractivity contribution in [3.8, 4) is 0 Å². The van der Waals surface area contributed by atoms with Crippen LogP contribution in [0, 0.1) is 5.92 Å². The lowest BCUT2D eigenvalue weighted by molar-refractivity contribution is 0.318. The monoisotopic (exact) mass is 978 g/mol. The smallest absolute Gasteiger partial charge is 0.0411 e. The van der Waals surface area contributed by atoms with Gasteiger partial charge in [0.05, 0.1) is 0 Å². The fourth-order valence-corrected chi connectivity index (χ4v) is 12.5. The first-order valence-electron chi connectivity index (χ1n) is 28.1. The molecule has 1 fully saturated rings. The number of hydrogen-bond acceptors (Lipinski definition) is 1. The topological polar surface area (TPSA) is 3.24 Å². The first-order chi connectivity index (χ1) is 37.1. The van der Waals surface area contributed by atoms with Crippen LogP contribution in [0.25, 0.3) is 23.3 Å². The maximum Gasteiger partial charge on any atom is 0.0411 e. The van der Waals surface area contributed by atoms with Gasteiger partial charge >= 0.3 is 0 Å². The molecule has 2 unspecified atom stereocenters. The van der Waals surface area contributed by atoms with E-state index in [0.717, 1.165) is 38.6 Å². The van der Waals surface area contributed by atoms with Crippen LogP contribution >= 0.6 is 0 Å². The molecule has 0 saturated heterocycles. The molecule has 11 rings (SSSR count). The maximum atomic E-state index is 2.60. The minimum atomic E-state index is 0.0887. The fraction of sp³-hybridized carbons (Fsp3) is 0.243. The molecule has 0 heterocycles. The SMILES string of the molecule is C/C=C(\C=C/C/C=C(\c1ccccc1)c1ccc(N(CC2CC=CC3=C2C2(CCCCC2)c2cc(C=Cc4ccccc4)ccc23)c2ccccc2)cc1)C(CC1=CCCC=C1)c1ccccc1.CC1=CCCC=C1. The van der Waals surface area contributed by atoms with E-state index in [2.05, 4.69) is 268 Å². The summed E-state index contributed by atoms with van der Waals surface area (Å²) in [6.07, 6.45) is 46.7. The van der Waals surface area contributed by atoms with Crippen molar-refractivity contribution in [2.45, 2.75) is 102 Å². The predicted octanol–water partition coefficient (Wildman–Crippen LogP) is 20.3. The molecule has 0 aliphatic heterocycles. The van der Waals surface area contributed by atoms with Gasteiger partial charge in [-0.3, -0.25) is 0 Å². The Kier molecular flexibility index (Phi) is 17.1. The zero-order valence-corrected chi connectivity index (χ0v) is 44.5. The van der Waals surface area contributed by atoms with Crippen LogP contribution in [0.15, 0.2) is 259 Å². The Labute approximate surface area is 449 Å². The van der Waals surface area contributed by atoms with Crippen LogP contribution in [0.4, 0.5) is 11.4 Å². The zero-order valence-electron chi connectivity index (χ0n) is 44.5. The van der Waals surface area contributed by atoms with E-state index in [9.17, 15) is 0 Å². The molecular weight excluding hydrogens is 903 g/mol. The van der Waals surface area contributed by atoms with Crippen molar-refractivity contribution in [3.05, 3.63) is 298 Å². The Morgan fingerprint density at radius 3 is 1.95 bits per heavy atom. The summed E-state index contributed by atoms with van der Waals surface area (Å²) in [7, 11) is 0. The van der Waals surface area contributed by atoms with E-state index < -0.39 is 0 Å². The Morgan fingerprint density at radius 1 is 0.627 bits per heavy atom. The van der Waals surface area contributed by atoms with Gasteiger partial charge in [0, 0.05) is 35.2 Å². The third kappa shape index (κ3) is 12.4. The van der Waals surface area contributed by atoms with Gasteiger partial charge in [-0.05, 0) is 157 Å². The van der Waals surface area contributed by atoms with Gasteiger partial charge in [0.1, 0.15) is 0 Å². The molecule has 1 heteroatoms. The Bertz CT molecular complexity index is 3160. The molecule has 0 radical (unpaired) electrons. The Morgan fingerprint density at radius 2 is 1.28 bits per heavy atom. The molecule has 6 aromatic rings. The van der Waals surface area contributed by atoms with Crippen molar-refractivity contribution in [2.75, 3.05) is 11.4 Å². The summed E-state index contributed by atoms with van der Waals surface area (Å²) in [6, 6.07) is 60.5. The van der Waals surface area contributed by atoms with E-state index in [1.54, 1.807) is 11.1 Å². The van der Waals surface area contributed by atoms with Crippen LogP contribution in [0.1, 0.15) is 136 Å². The van der Waals surface area contributed by atoms with Gasteiger partial charge in [0.2, 0.25) is 0 Å². The summed E-state index contributed by atoms with van der Waals surface area (Å²) in [6.45, 7) is 5.25. The number of allylic oxidation sites excluding steroid dienone is 16. The molecule has 5 aliphatic rings. The molecule has 75 heavy (non-hydrogen) atoms. The third-order valence-corrected chi connectivity index (χ3v) is 16.2. The molecule has 1 saturated carbocycles. The summed E-state index contributed by atoms with van der Waals surface area (Å²) in [5.41, 5.74) is 20.6. The van der Waals surface area contributed by atoms with Crippen molar-refractivity contribution in [3.63, 3.8) is 0 Å². The van der Waals surface area contributed by atoms with Crippen molar-refractivity contribution in [1.29, 1.82) is 0 Å². The maximum absolute atomic E-state index is 2.60. The molecule has 376 valence electrons. The molecule has 1 spiro atoms. The molecule has 5 aliphatic carbocycles. The second-order valence-corrected chi connectivity index (χ2v) is 21.1. The minimum Gasteiger partial charge on any atom is -0.341 e. The van der Waals surface area contributed by atoms with E-state index >= 15 is 0 Å². The largest absolute Gasteiger partial charge is 0.341 e. The number of anilines is 2. The van der Waals surface area contributed by atoms with E-state index in [-0.39, 0.29) is 5.41 Å². The van der Waals surface area contributed by atoms with Crippen molar-refractivity contribution in [2.24, 2.45) is 5.92 Å². The zero-order chi connectivity index (χ0) is 51.1. The first-order valence-corrected chi connectivity index (χ1v) is 28.1. The van der Waals surface area contributed by atoms with Crippen molar-refractivity contribution < 1.29 is 0 Å². The van der Waals surface area contributed by atoms with E-state index in [1.165, 1.54) is 118 Å². The lowest BCUT2D eigenvalue weighted by Gasteiger charge is -2.43. The number of fused-ring (bicyclic) bond motifs is 4. The van der Waals surface area contributed by atoms with Crippen LogP contribution in [0.5, 0.6) is 0 Å². The van der Waals surface area contributed by atoms with E-state index in [0.29, 0.717) is 11.8 Å². The lowest BCUT2D eigenvalue weighted by Crippen LogP contribution is -2.37. The van der Waals surface area contributed by atoms with Crippen LogP contribution in [-0.4, -0.2) is 6.54 Å². The van der Waals surface area contributed by atoms with Crippen molar-refractivity contribution >= 4 is 34.7 Å². The normalized spacial score (nSPS) is 18.3. The number of rotatable bonds is 15. The fourth-order valence-electron chi connectivity index (χ4n) is 12.5. The molecule has 0 N–H and O–H groups in total. The standard InChI is InChI=1S/C67H65N.C7H10/c1-2-54(64(56-31-15-6-16-32-56)48-52-26-11-4-12-27-52)28-19-20-36-61(55-29-13-5-14-30-55)57-41-43-60(44-42-57)68(59-34-17-7-18-35-59)50-58-33-23-37-63-62-45-40-53(39-38-51-24-9-3-10-25-51)49-65(62)67(66(58)63)46-21-8-22-47-67;1-7-5-3-2-4-6-7/h2-3,5-7,9-11,13-19,23-32,34-45,49,58,64H,4,8,12,20-22,33,46-48,50H2,1H3;3,5-6H,2,4H2,1H3/b28-19-,39-38?,54-2+,61-36+;. The molecule has 6 aromatic carbocycles. The molecule has 0 bridgehead atoms. The molecule has 0 aromatic heterocycles. The number of benzene rings is 6. The lowest BCUT2D eigenvalue weighted by atomic mass is 9.63. The van der Waals surface area contributed by atoms with Crippen LogP contribution in [0.3, 0.4) is 0 Å². The highest BCUT2D eigenvalue weighted by molar-refractivity contribution is 5.89. The number of para-hydroxylation sites is 1.